The third kappa shape index (κ3) is 3.13. The van der Waals surface area contributed by atoms with Crippen molar-refractivity contribution in [2.75, 3.05) is 13.1 Å². The fourth-order valence-corrected chi connectivity index (χ4v) is 6.11. The average molecular weight is 381 g/mol. The van der Waals surface area contributed by atoms with Gasteiger partial charge < -0.3 is 5.73 Å². The number of nitrogens with two attached hydrogens (primary N) is 1. The highest BCUT2D eigenvalue weighted by molar-refractivity contribution is 7.89. The minimum absolute atomic E-state index is 0. The molecule has 1 saturated heterocycles. The Bertz CT molecular complexity index is 781. The van der Waals surface area contributed by atoms with Gasteiger partial charge in [-0.15, -0.1) is 23.7 Å². The fraction of sp³-hybridized carbons (Fsp3) is 0.429. The summed E-state index contributed by atoms with van der Waals surface area (Å²) in [4.78, 5) is 1.21. The van der Waals surface area contributed by atoms with Crippen molar-refractivity contribution in [2.45, 2.75) is 30.7 Å². The Morgan fingerprint density at radius 3 is 2.59 bits per heavy atom. The molecule has 8 heteroatoms. The summed E-state index contributed by atoms with van der Waals surface area (Å²) in [6, 6.07) is 5.51. The van der Waals surface area contributed by atoms with Crippen LogP contribution in [-0.4, -0.2) is 31.9 Å². The van der Waals surface area contributed by atoms with Crippen LogP contribution in [0.25, 0.3) is 10.1 Å². The van der Waals surface area contributed by atoms with E-state index in [9.17, 15) is 8.42 Å². The van der Waals surface area contributed by atoms with Gasteiger partial charge in [0.05, 0.1) is 0 Å². The molecule has 0 aliphatic carbocycles. The minimum Gasteiger partial charge on any atom is -0.328 e. The van der Waals surface area contributed by atoms with Crippen molar-refractivity contribution >= 4 is 55.5 Å². The monoisotopic (exact) mass is 380 g/mol. The number of piperidine rings is 1. The molecule has 4 nitrogen and oxygen atoms in total. The molecule has 1 aromatic carbocycles. The molecular weight excluding hydrogens is 363 g/mol. The largest absolute Gasteiger partial charge is 0.328 e. The lowest BCUT2D eigenvalue weighted by Crippen LogP contribution is -2.42. The first-order chi connectivity index (χ1) is 9.89. The number of aryl methyl sites for hydroxylation is 1. The van der Waals surface area contributed by atoms with Crippen LogP contribution in [0.2, 0.25) is 5.02 Å². The highest BCUT2D eigenvalue weighted by Crippen LogP contribution is 2.37. The van der Waals surface area contributed by atoms with E-state index in [-0.39, 0.29) is 18.4 Å². The van der Waals surface area contributed by atoms with Gasteiger partial charge in [-0.05, 0) is 38.0 Å². The number of halogens is 2. The standard InChI is InChI=1S/C14H17ClN2O2S2.ClH/c1-9-14(12-8-10(15)2-3-13(12)20-9)21(18,19)17-6-4-11(16)5-7-17;/h2-3,8,11H,4-7,16H2,1H3;1H. The molecule has 2 aromatic rings. The van der Waals surface area contributed by atoms with Crippen molar-refractivity contribution in [3.05, 3.63) is 28.1 Å². The zero-order valence-corrected chi connectivity index (χ0v) is 15.3. The number of nitrogens with zero attached hydrogens (tertiary/aromatic N) is 1. The van der Waals surface area contributed by atoms with E-state index in [1.54, 1.807) is 16.4 Å². The van der Waals surface area contributed by atoms with Crippen LogP contribution < -0.4 is 5.73 Å². The molecule has 0 saturated carbocycles. The molecule has 0 amide bonds. The van der Waals surface area contributed by atoms with Gasteiger partial charge in [0.25, 0.3) is 0 Å². The molecule has 0 unspecified atom stereocenters. The predicted octanol–water partition coefficient (Wildman–Crippen LogP) is 3.40. The van der Waals surface area contributed by atoms with E-state index in [2.05, 4.69) is 0 Å². The first-order valence-electron chi connectivity index (χ1n) is 6.84. The summed E-state index contributed by atoms with van der Waals surface area (Å²) in [5.74, 6) is 0. The number of sulfonamides is 1. The van der Waals surface area contributed by atoms with Crippen LogP contribution in [0.15, 0.2) is 23.1 Å². The van der Waals surface area contributed by atoms with Gasteiger partial charge in [0.15, 0.2) is 0 Å². The van der Waals surface area contributed by atoms with Gasteiger partial charge in [0.1, 0.15) is 4.90 Å². The molecule has 1 fully saturated rings. The molecule has 1 aliphatic heterocycles. The predicted molar refractivity (Wildman–Crippen MR) is 94.8 cm³/mol. The first kappa shape index (κ1) is 18.0. The second-order valence-electron chi connectivity index (χ2n) is 5.37. The molecule has 2 heterocycles. The topological polar surface area (TPSA) is 63.4 Å². The Morgan fingerprint density at radius 1 is 1.32 bits per heavy atom. The maximum atomic E-state index is 12.9. The summed E-state index contributed by atoms with van der Waals surface area (Å²) in [7, 11) is -3.49. The van der Waals surface area contributed by atoms with Crippen LogP contribution in [-0.2, 0) is 10.0 Å². The van der Waals surface area contributed by atoms with Crippen LogP contribution >= 0.6 is 35.3 Å². The first-order valence-corrected chi connectivity index (χ1v) is 9.47. The molecule has 0 spiro atoms. The smallest absolute Gasteiger partial charge is 0.244 e. The Morgan fingerprint density at radius 2 is 1.95 bits per heavy atom. The fourth-order valence-electron chi connectivity index (χ4n) is 2.74. The molecule has 122 valence electrons. The summed E-state index contributed by atoms with van der Waals surface area (Å²) in [6.07, 6.45) is 1.42. The van der Waals surface area contributed by atoms with Crippen LogP contribution in [0.1, 0.15) is 17.7 Å². The maximum absolute atomic E-state index is 12.9. The molecular formula is C14H18Cl2N2O2S2. The van der Waals surface area contributed by atoms with E-state index in [0.29, 0.717) is 35.8 Å². The summed E-state index contributed by atoms with van der Waals surface area (Å²) in [5.41, 5.74) is 5.86. The molecule has 2 N–H and O–H groups in total. The third-order valence-corrected chi connectivity index (χ3v) is 7.40. The zero-order chi connectivity index (χ0) is 15.2. The SMILES string of the molecule is Cc1sc2ccc(Cl)cc2c1S(=O)(=O)N1CCC(N)CC1.Cl. The molecule has 1 aromatic heterocycles. The van der Waals surface area contributed by atoms with E-state index in [1.165, 1.54) is 11.3 Å². The quantitative estimate of drug-likeness (QED) is 0.867. The lowest BCUT2D eigenvalue weighted by atomic mass is 10.1. The van der Waals surface area contributed by atoms with E-state index in [1.807, 2.05) is 13.0 Å². The number of fused-ring (bicyclic) bond motifs is 1. The second kappa shape index (κ2) is 6.63. The van der Waals surface area contributed by atoms with E-state index >= 15 is 0 Å². The van der Waals surface area contributed by atoms with Crippen LogP contribution in [0, 0.1) is 6.92 Å². The van der Waals surface area contributed by atoms with Crippen molar-refractivity contribution < 1.29 is 8.42 Å². The number of rotatable bonds is 2. The van der Waals surface area contributed by atoms with E-state index < -0.39 is 10.0 Å². The van der Waals surface area contributed by atoms with Gasteiger partial charge >= 0.3 is 0 Å². The molecule has 3 rings (SSSR count). The number of benzene rings is 1. The van der Waals surface area contributed by atoms with Gasteiger partial charge in [0, 0.05) is 39.1 Å². The Hall–Kier alpha value is -0.370. The lowest BCUT2D eigenvalue weighted by molar-refractivity contribution is 0.320. The molecule has 0 atom stereocenters. The normalized spacial score (nSPS) is 17.6. The van der Waals surface area contributed by atoms with Crippen molar-refractivity contribution in [1.82, 2.24) is 4.31 Å². The third-order valence-electron chi connectivity index (χ3n) is 3.87. The van der Waals surface area contributed by atoms with Crippen molar-refractivity contribution in [3.63, 3.8) is 0 Å². The van der Waals surface area contributed by atoms with Gasteiger partial charge in [-0.3, -0.25) is 0 Å². The Labute approximate surface area is 145 Å². The Kier molecular flexibility index (Phi) is 5.42. The molecule has 22 heavy (non-hydrogen) atoms. The van der Waals surface area contributed by atoms with E-state index in [0.717, 1.165) is 15.0 Å². The van der Waals surface area contributed by atoms with Crippen LogP contribution in [0.4, 0.5) is 0 Å². The lowest BCUT2D eigenvalue weighted by Gasteiger charge is -2.29. The minimum atomic E-state index is -3.49. The molecule has 0 radical (unpaired) electrons. The van der Waals surface area contributed by atoms with Crippen LogP contribution in [0.3, 0.4) is 0 Å². The average Bonchev–Trinajstić information content (AvgIpc) is 2.75. The number of hydrogen-bond acceptors (Lipinski definition) is 4. The maximum Gasteiger partial charge on any atom is 0.244 e. The molecule has 0 bridgehead atoms. The highest BCUT2D eigenvalue weighted by Gasteiger charge is 2.31. The number of thiophene rings is 1. The van der Waals surface area contributed by atoms with Gasteiger partial charge in [0.2, 0.25) is 10.0 Å². The summed E-state index contributed by atoms with van der Waals surface area (Å²) >= 11 is 7.52. The Balaban J connectivity index is 0.00000176. The van der Waals surface area contributed by atoms with Crippen LogP contribution in [0.5, 0.6) is 0 Å². The summed E-state index contributed by atoms with van der Waals surface area (Å²) in [5, 5.41) is 1.28. The highest BCUT2D eigenvalue weighted by atomic mass is 35.5. The van der Waals surface area contributed by atoms with Gasteiger partial charge in [-0.25, -0.2) is 8.42 Å². The number of hydrogen-bond donors (Lipinski definition) is 1. The van der Waals surface area contributed by atoms with E-state index in [4.69, 9.17) is 17.3 Å². The van der Waals surface area contributed by atoms with Crippen molar-refractivity contribution in [2.24, 2.45) is 5.73 Å². The molecule has 1 aliphatic rings. The summed E-state index contributed by atoms with van der Waals surface area (Å²) in [6.45, 7) is 2.82. The zero-order valence-electron chi connectivity index (χ0n) is 12.1. The second-order valence-corrected chi connectivity index (χ2v) is 8.94. The van der Waals surface area contributed by atoms with Gasteiger partial charge in [-0.1, -0.05) is 11.6 Å². The van der Waals surface area contributed by atoms with Gasteiger partial charge in [-0.2, -0.15) is 4.31 Å². The van der Waals surface area contributed by atoms with Crippen molar-refractivity contribution in [3.8, 4) is 0 Å². The van der Waals surface area contributed by atoms with Crippen molar-refractivity contribution in [1.29, 1.82) is 0 Å². The summed E-state index contributed by atoms with van der Waals surface area (Å²) < 4.78 is 28.4.